The molecule has 1 fully saturated rings. The fourth-order valence-electron chi connectivity index (χ4n) is 3.46. The van der Waals surface area contributed by atoms with Gasteiger partial charge in [-0.25, -0.2) is 9.37 Å². The Morgan fingerprint density at radius 2 is 1.97 bits per heavy atom. The number of pyridine rings is 1. The van der Waals surface area contributed by atoms with Crippen molar-refractivity contribution in [3.05, 3.63) is 34.8 Å². The van der Waals surface area contributed by atoms with Gasteiger partial charge in [0.15, 0.2) is 0 Å². The van der Waals surface area contributed by atoms with Crippen molar-refractivity contribution in [1.29, 1.82) is 0 Å². The first-order chi connectivity index (χ1) is 15.0. The fraction of sp³-hybridized carbons (Fsp3) is 0.600. The molecule has 0 unspecified atom stereocenters. The van der Waals surface area contributed by atoms with Gasteiger partial charge in [0.25, 0.3) is 11.8 Å². The average Bonchev–Trinajstić information content (AvgIpc) is 3.22. The number of aromatic nitrogens is 3. The van der Waals surface area contributed by atoms with Gasteiger partial charge in [-0.2, -0.15) is 8.78 Å². The van der Waals surface area contributed by atoms with E-state index in [1.165, 1.54) is 26.1 Å². The van der Waals surface area contributed by atoms with Crippen molar-refractivity contribution in [3.8, 4) is 0 Å². The van der Waals surface area contributed by atoms with Crippen molar-refractivity contribution in [1.82, 2.24) is 20.5 Å². The van der Waals surface area contributed by atoms with E-state index < -0.39 is 30.0 Å². The van der Waals surface area contributed by atoms with E-state index in [-0.39, 0.29) is 35.1 Å². The Morgan fingerprint density at radius 3 is 2.56 bits per heavy atom. The van der Waals surface area contributed by atoms with Crippen LogP contribution in [0.1, 0.15) is 74.0 Å². The predicted octanol–water partition coefficient (Wildman–Crippen LogP) is 4.03. The number of hydrogen-bond acceptors (Lipinski definition) is 7. The number of aliphatic hydroxyl groups is 1. The molecule has 3 rings (SSSR count). The number of hydrogen-bond donors (Lipinski definition) is 3. The van der Waals surface area contributed by atoms with Crippen molar-refractivity contribution < 1.29 is 27.5 Å². The van der Waals surface area contributed by atoms with E-state index in [0.717, 1.165) is 0 Å². The third kappa shape index (κ3) is 6.10. The summed E-state index contributed by atoms with van der Waals surface area (Å²) in [5.74, 6) is -1.14. The summed E-state index contributed by atoms with van der Waals surface area (Å²) in [4.78, 5) is 16.5. The molecule has 2 aromatic rings. The molecule has 12 heteroatoms. The Kier molecular flexibility index (Phi) is 7.60. The molecule has 1 atom stereocenters. The lowest BCUT2D eigenvalue weighted by Crippen LogP contribution is -2.42. The van der Waals surface area contributed by atoms with E-state index in [4.69, 9.17) is 16.0 Å². The van der Waals surface area contributed by atoms with Gasteiger partial charge in [0.2, 0.25) is 5.89 Å². The van der Waals surface area contributed by atoms with Crippen molar-refractivity contribution in [3.63, 3.8) is 0 Å². The van der Waals surface area contributed by atoms with E-state index >= 15 is 0 Å². The highest BCUT2D eigenvalue weighted by Crippen LogP contribution is 2.35. The van der Waals surface area contributed by atoms with Gasteiger partial charge < -0.3 is 20.2 Å². The summed E-state index contributed by atoms with van der Waals surface area (Å²) in [6.45, 7) is 2.28. The molecule has 3 N–H and O–H groups in total. The van der Waals surface area contributed by atoms with Gasteiger partial charge in [0.05, 0.1) is 23.4 Å². The number of carbonyl (C=O) groups excluding carboxylic acids is 1. The second-order valence-electron chi connectivity index (χ2n) is 8.36. The molecule has 32 heavy (non-hydrogen) atoms. The van der Waals surface area contributed by atoms with Crippen LogP contribution in [0.5, 0.6) is 0 Å². The predicted molar refractivity (Wildman–Crippen MR) is 111 cm³/mol. The second-order valence-corrected chi connectivity index (χ2v) is 8.74. The van der Waals surface area contributed by atoms with Crippen LogP contribution < -0.4 is 10.6 Å². The molecule has 0 spiro atoms. The van der Waals surface area contributed by atoms with Crippen LogP contribution in [-0.2, 0) is 0 Å². The summed E-state index contributed by atoms with van der Waals surface area (Å²) in [5.41, 5.74) is -0.944. The average molecular weight is 476 g/mol. The summed E-state index contributed by atoms with van der Waals surface area (Å²) in [7, 11) is 0. The number of nitrogens with zero attached hydrogens (tertiary/aromatic N) is 3. The van der Waals surface area contributed by atoms with Gasteiger partial charge in [0, 0.05) is 18.2 Å². The molecule has 0 aromatic carbocycles. The van der Waals surface area contributed by atoms with Gasteiger partial charge in [0.1, 0.15) is 11.3 Å². The highest BCUT2D eigenvalue weighted by atomic mass is 35.5. The van der Waals surface area contributed by atoms with Crippen LogP contribution in [0.2, 0.25) is 5.15 Å². The molecule has 2 heterocycles. The maximum atomic E-state index is 14.0. The first-order valence-corrected chi connectivity index (χ1v) is 10.6. The van der Waals surface area contributed by atoms with Gasteiger partial charge >= 0.3 is 6.43 Å². The Balaban J connectivity index is 1.61. The minimum Gasteiger partial charge on any atom is -0.419 e. The Hall–Kier alpha value is -2.40. The highest BCUT2D eigenvalue weighted by molar-refractivity contribution is 6.29. The number of halogens is 4. The largest absolute Gasteiger partial charge is 0.419 e. The molecule has 1 saturated carbocycles. The van der Waals surface area contributed by atoms with Gasteiger partial charge in [-0.3, -0.25) is 4.79 Å². The van der Waals surface area contributed by atoms with Gasteiger partial charge in [-0.15, -0.1) is 10.2 Å². The van der Waals surface area contributed by atoms with E-state index in [0.29, 0.717) is 31.4 Å². The standard InChI is InChI=1S/C20H25ClF3N5O3/c1-20(2,31)14(22)9-26-17(30)12-8-25-15(21)7-13(12)27-11-5-3-10(4-6-11)18-28-29-19(32-18)16(23)24/h7-8,10-11,14,16,31H,3-6,9H2,1-2H3,(H,25,27)(H,26,30)/t10?,11?,14-/m1/s1. The molecule has 1 aliphatic rings. The van der Waals surface area contributed by atoms with Crippen LogP contribution >= 0.6 is 11.6 Å². The van der Waals surface area contributed by atoms with Crippen molar-refractivity contribution in [2.24, 2.45) is 0 Å². The van der Waals surface area contributed by atoms with E-state index in [1.807, 2.05) is 0 Å². The lowest BCUT2D eigenvalue weighted by atomic mass is 9.86. The zero-order chi connectivity index (χ0) is 23.5. The molecule has 1 amide bonds. The first-order valence-electron chi connectivity index (χ1n) is 10.2. The minimum absolute atomic E-state index is 0.0148. The van der Waals surface area contributed by atoms with Crippen LogP contribution in [0, 0.1) is 0 Å². The Morgan fingerprint density at radius 1 is 1.28 bits per heavy atom. The summed E-state index contributed by atoms with van der Waals surface area (Å²) in [6.07, 6.45) is -0.532. The SMILES string of the molecule is CC(C)(O)[C@H](F)CNC(=O)c1cnc(Cl)cc1NC1CCC(c2nnc(C(F)F)o2)CC1. The second kappa shape index (κ2) is 10.0. The molecule has 2 aromatic heterocycles. The van der Waals surface area contributed by atoms with Gasteiger partial charge in [-0.1, -0.05) is 11.6 Å². The number of anilines is 1. The summed E-state index contributed by atoms with van der Waals surface area (Å²) < 4.78 is 44.3. The lowest BCUT2D eigenvalue weighted by Gasteiger charge is -2.28. The summed E-state index contributed by atoms with van der Waals surface area (Å²) in [6, 6.07) is 1.50. The molecule has 0 bridgehead atoms. The summed E-state index contributed by atoms with van der Waals surface area (Å²) in [5, 5.41) is 22.7. The molecule has 0 radical (unpaired) electrons. The van der Waals surface area contributed by atoms with Crippen LogP contribution in [0.25, 0.3) is 0 Å². The van der Waals surface area contributed by atoms with Crippen molar-refractivity contribution in [2.75, 3.05) is 11.9 Å². The Bertz CT molecular complexity index is 929. The molecule has 0 aliphatic heterocycles. The first kappa shape index (κ1) is 24.2. The molecular formula is C20H25ClF3N5O3. The number of carbonyl (C=O) groups is 1. The molecule has 176 valence electrons. The van der Waals surface area contributed by atoms with Crippen molar-refractivity contribution in [2.45, 2.75) is 69.7 Å². The molecule has 0 saturated heterocycles. The molecule has 1 aliphatic carbocycles. The monoisotopic (exact) mass is 475 g/mol. The normalized spacial score (nSPS) is 20.2. The summed E-state index contributed by atoms with van der Waals surface area (Å²) >= 11 is 5.99. The molecular weight excluding hydrogens is 451 g/mol. The van der Waals surface area contributed by atoms with Crippen LogP contribution in [0.3, 0.4) is 0 Å². The fourth-order valence-corrected chi connectivity index (χ4v) is 3.62. The lowest BCUT2D eigenvalue weighted by molar-refractivity contribution is -0.00177. The quantitative estimate of drug-likeness (QED) is 0.494. The van der Waals surface area contributed by atoms with E-state index in [2.05, 4.69) is 25.8 Å². The third-order valence-electron chi connectivity index (χ3n) is 5.40. The highest BCUT2D eigenvalue weighted by Gasteiger charge is 2.29. The third-order valence-corrected chi connectivity index (χ3v) is 5.61. The zero-order valence-corrected chi connectivity index (χ0v) is 18.4. The van der Waals surface area contributed by atoms with E-state index in [9.17, 15) is 23.1 Å². The van der Waals surface area contributed by atoms with Crippen LogP contribution in [0.4, 0.5) is 18.9 Å². The smallest absolute Gasteiger partial charge is 0.314 e. The topological polar surface area (TPSA) is 113 Å². The number of amides is 1. The van der Waals surface area contributed by atoms with Gasteiger partial charge in [-0.05, 0) is 45.6 Å². The maximum absolute atomic E-state index is 14.0. The molecule has 8 nitrogen and oxygen atoms in total. The van der Waals surface area contributed by atoms with Crippen LogP contribution in [-0.4, -0.2) is 50.6 Å². The zero-order valence-electron chi connectivity index (χ0n) is 17.6. The minimum atomic E-state index is -2.80. The van der Waals surface area contributed by atoms with E-state index in [1.54, 1.807) is 0 Å². The number of nitrogens with one attached hydrogen (secondary N) is 2. The Labute approximate surface area is 188 Å². The number of rotatable bonds is 8. The van der Waals surface area contributed by atoms with Crippen molar-refractivity contribution >= 4 is 23.2 Å². The van der Waals surface area contributed by atoms with Crippen LogP contribution in [0.15, 0.2) is 16.7 Å². The number of alkyl halides is 3. The maximum Gasteiger partial charge on any atom is 0.314 e.